The molecule has 3 amide bonds. The first kappa shape index (κ1) is 20.1. The summed E-state index contributed by atoms with van der Waals surface area (Å²) in [5, 5.41) is 15.1. The summed E-state index contributed by atoms with van der Waals surface area (Å²) in [5.74, 6) is -0.960. The number of hydrogen-bond acceptors (Lipinski definition) is 5. The van der Waals surface area contributed by atoms with Gasteiger partial charge in [0.25, 0.3) is 0 Å². The van der Waals surface area contributed by atoms with E-state index in [0.717, 1.165) is 31.2 Å². The van der Waals surface area contributed by atoms with Gasteiger partial charge in [-0.2, -0.15) is 0 Å². The Hall–Kier alpha value is -2.61. The highest BCUT2D eigenvalue weighted by Crippen LogP contribution is 2.42. The standard InChI is InChI=1S/C20H28N4O4/c21-9-3-1-2-4-10-22-19(27)15-11-16-20(28)23-12-17(26)24(16)18(15)13-5-7-14(25)8-6-13/h5-8,15-16,18,25H,1-4,9-12,21H2,(H,22,27)(H,23,28)/t15-,16-,18-/m1/s1. The molecular weight excluding hydrogens is 360 g/mol. The first-order valence-electron chi connectivity index (χ1n) is 9.88. The first-order chi connectivity index (χ1) is 13.5. The zero-order valence-electron chi connectivity index (χ0n) is 15.9. The summed E-state index contributed by atoms with van der Waals surface area (Å²) in [7, 11) is 0. The fourth-order valence-corrected chi connectivity index (χ4v) is 4.09. The fraction of sp³-hybridized carbons (Fsp3) is 0.550. The van der Waals surface area contributed by atoms with Gasteiger partial charge in [-0.1, -0.05) is 25.0 Å². The lowest BCUT2D eigenvalue weighted by molar-refractivity contribution is -0.145. The lowest BCUT2D eigenvalue weighted by atomic mass is 9.92. The molecule has 0 radical (unpaired) electrons. The van der Waals surface area contributed by atoms with Crippen molar-refractivity contribution in [2.75, 3.05) is 19.6 Å². The number of nitrogens with two attached hydrogens (primary N) is 1. The molecule has 8 heteroatoms. The van der Waals surface area contributed by atoms with Crippen molar-refractivity contribution in [2.24, 2.45) is 11.7 Å². The molecule has 2 saturated heterocycles. The van der Waals surface area contributed by atoms with E-state index in [-0.39, 0.29) is 30.0 Å². The molecule has 0 aromatic heterocycles. The highest BCUT2D eigenvalue weighted by atomic mass is 16.3. The zero-order chi connectivity index (χ0) is 20.1. The van der Waals surface area contributed by atoms with Crippen LogP contribution in [0.2, 0.25) is 0 Å². The van der Waals surface area contributed by atoms with Crippen LogP contribution in [-0.2, 0) is 14.4 Å². The Kier molecular flexibility index (Phi) is 6.51. The number of carbonyl (C=O) groups is 3. The van der Waals surface area contributed by atoms with Gasteiger partial charge in [0.1, 0.15) is 11.8 Å². The van der Waals surface area contributed by atoms with Gasteiger partial charge in [-0.25, -0.2) is 0 Å². The minimum Gasteiger partial charge on any atom is -0.508 e. The normalized spacial score (nSPS) is 24.0. The summed E-state index contributed by atoms with van der Waals surface area (Å²) in [6, 6.07) is 5.32. The molecule has 3 atom stereocenters. The van der Waals surface area contributed by atoms with Crippen molar-refractivity contribution in [3.63, 3.8) is 0 Å². The molecule has 2 fully saturated rings. The maximum Gasteiger partial charge on any atom is 0.243 e. The van der Waals surface area contributed by atoms with Crippen LogP contribution in [0.1, 0.15) is 43.7 Å². The monoisotopic (exact) mass is 388 g/mol. The molecule has 152 valence electrons. The number of unbranched alkanes of at least 4 members (excludes halogenated alkanes) is 3. The number of phenols is 1. The van der Waals surface area contributed by atoms with Crippen molar-refractivity contribution in [3.05, 3.63) is 29.8 Å². The van der Waals surface area contributed by atoms with E-state index in [1.54, 1.807) is 12.1 Å². The summed E-state index contributed by atoms with van der Waals surface area (Å²) in [4.78, 5) is 39.2. The largest absolute Gasteiger partial charge is 0.508 e. The number of hydrogen-bond donors (Lipinski definition) is 4. The van der Waals surface area contributed by atoms with Crippen LogP contribution in [-0.4, -0.2) is 53.4 Å². The van der Waals surface area contributed by atoms with Crippen molar-refractivity contribution in [1.82, 2.24) is 15.5 Å². The highest BCUT2D eigenvalue weighted by Gasteiger charge is 2.51. The topological polar surface area (TPSA) is 125 Å². The van der Waals surface area contributed by atoms with Gasteiger partial charge in [-0.15, -0.1) is 0 Å². The number of benzene rings is 1. The second kappa shape index (κ2) is 9.05. The summed E-state index contributed by atoms with van der Waals surface area (Å²) >= 11 is 0. The van der Waals surface area contributed by atoms with Crippen molar-refractivity contribution < 1.29 is 19.5 Å². The molecule has 1 aromatic rings. The Balaban J connectivity index is 1.74. The second-order valence-corrected chi connectivity index (χ2v) is 7.41. The Morgan fingerprint density at radius 2 is 1.89 bits per heavy atom. The number of nitrogens with zero attached hydrogens (tertiary/aromatic N) is 1. The molecule has 8 nitrogen and oxygen atoms in total. The molecule has 3 rings (SSSR count). The van der Waals surface area contributed by atoms with E-state index in [9.17, 15) is 19.5 Å². The molecule has 2 heterocycles. The molecular formula is C20H28N4O4. The predicted molar refractivity (Wildman–Crippen MR) is 103 cm³/mol. The fourth-order valence-electron chi connectivity index (χ4n) is 4.09. The second-order valence-electron chi connectivity index (χ2n) is 7.41. The number of aromatic hydroxyl groups is 1. The number of amides is 3. The first-order valence-corrected chi connectivity index (χ1v) is 9.88. The Labute approximate surface area is 164 Å². The third-order valence-electron chi connectivity index (χ3n) is 5.50. The Morgan fingerprint density at radius 1 is 1.18 bits per heavy atom. The summed E-state index contributed by atoms with van der Waals surface area (Å²) < 4.78 is 0. The number of fused-ring (bicyclic) bond motifs is 1. The lowest BCUT2D eigenvalue weighted by Crippen LogP contribution is -2.56. The van der Waals surface area contributed by atoms with Crippen LogP contribution in [0.5, 0.6) is 5.75 Å². The average Bonchev–Trinajstić information content (AvgIpc) is 3.10. The van der Waals surface area contributed by atoms with E-state index in [1.807, 2.05) is 0 Å². The van der Waals surface area contributed by atoms with Gasteiger partial charge in [0.15, 0.2) is 0 Å². The zero-order valence-corrected chi connectivity index (χ0v) is 15.9. The van der Waals surface area contributed by atoms with Crippen LogP contribution >= 0.6 is 0 Å². The number of rotatable bonds is 8. The van der Waals surface area contributed by atoms with Crippen LogP contribution in [0.15, 0.2) is 24.3 Å². The van der Waals surface area contributed by atoms with Gasteiger partial charge in [-0.05, 0) is 43.5 Å². The third-order valence-corrected chi connectivity index (χ3v) is 5.50. The number of carbonyl (C=O) groups excluding carboxylic acids is 3. The van der Waals surface area contributed by atoms with Crippen molar-refractivity contribution >= 4 is 17.7 Å². The van der Waals surface area contributed by atoms with Crippen LogP contribution in [0, 0.1) is 5.92 Å². The maximum absolute atomic E-state index is 12.9. The van der Waals surface area contributed by atoms with Crippen molar-refractivity contribution in [2.45, 2.75) is 44.2 Å². The van der Waals surface area contributed by atoms with Crippen LogP contribution in [0.3, 0.4) is 0 Å². The summed E-state index contributed by atoms with van der Waals surface area (Å²) in [6.45, 7) is 1.18. The summed E-state index contributed by atoms with van der Waals surface area (Å²) in [6.07, 6.45) is 4.18. The molecule has 0 saturated carbocycles. The molecule has 0 spiro atoms. The molecule has 1 aromatic carbocycles. The lowest BCUT2D eigenvalue weighted by Gasteiger charge is -2.34. The highest BCUT2D eigenvalue weighted by molar-refractivity contribution is 5.97. The molecule has 2 aliphatic rings. The van der Waals surface area contributed by atoms with E-state index in [1.165, 1.54) is 17.0 Å². The minimum atomic E-state index is -0.639. The molecule has 5 N–H and O–H groups in total. The smallest absolute Gasteiger partial charge is 0.243 e. The Bertz CT molecular complexity index is 721. The van der Waals surface area contributed by atoms with Gasteiger partial charge < -0.3 is 26.4 Å². The van der Waals surface area contributed by atoms with Gasteiger partial charge in [0.05, 0.1) is 18.5 Å². The van der Waals surface area contributed by atoms with E-state index >= 15 is 0 Å². The predicted octanol–water partition coefficient (Wildman–Crippen LogP) is 0.416. The Morgan fingerprint density at radius 3 is 2.61 bits per heavy atom. The third kappa shape index (κ3) is 4.27. The van der Waals surface area contributed by atoms with Crippen LogP contribution < -0.4 is 16.4 Å². The van der Waals surface area contributed by atoms with Gasteiger partial charge in [0.2, 0.25) is 17.7 Å². The molecule has 28 heavy (non-hydrogen) atoms. The quantitative estimate of drug-likeness (QED) is 0.480. The number of nitrogens with one attached hydrogen (secondary N) is 2. The van der Waals surface area contributed by atoms with Crippen molar-refractivity contribution in [3.8, 4) is 5.75 Å². The van der Waals surface area contributed by atoms with E-state index in [0.29, 0.717) is 19.5 Å². The number of phenolic OH excluding ortho intramolecular Hbond substituents is 1. The van der Waals surface area contributed by atoms with Gasteiger partial charge in [-0.3, -0.25) is 14.4 Å². The average molecular weight is 388 g/mol. The van der Waals surface area contributed by atoms with Gasteiger partial charge >= 0.3 is 0 Å². The number of piperazine rings is 1. The molecule has 0 unspecified atom stereocenters. The minimum absolute atomic E-state index is 0.0562. The van der Waals surface area contributed by atoms with Crippen LogP contribution in [0.25, 0.3) is 0 Å². The maximum atomic E-state index is 12.9. The molecule has 0 aliphatic carbocycles. The molecule has 2 aliphatic heterocycles. The van der Waals surface area contributed by atoms with Gasteiger partial charge in [0, 0.05) is 6.54 Å². The van der Waals surface area contributed by atoms with Crippen LogP contribution in [0.4, 0.5) is 0 Å². The van der Waals surface area contributed by atoms with E-state index in [4.69, 9.17) is 5.73 Å². The van der Waals surface area contributed by atoms with Crippen molar-refractivity contribution in [1.29, 1.82) is 0 Å². The van der Waals surface area contributed by atoms with E-state index in [2.05, 4.69) is 10.6 Å². The summed E-state index contributed by atoms with van der Waals surface area (Å²) in [5.41, 5.74) is 6.23. The molecule has 0 bridgehead atoms. The van der Waals surface area contributed by atoms with E-state index < -0.39 is 18.0 Å². The SMILES string of the molecule is NCCCCCCNC(=O)[C@@H]1C[C@@H]2C(=O)NCC(=O)N2[C@@H]1c1ccc(O)cc1.